The van der Waals surface area contributed by atoms with Gasteiger partial charge in [-0.15, -0.1) is 0 Å². The highest BCUT2D eigenvalue weighted by Crippen LogP contribution is 2.29. The summed E-state index contributed by atoms with van der Waals surface area (Å²) in [6.45, 7) is 4.04. The van der Waals surface area contributed by atoms with Crippen LogP contribution < -0.4 is 10.1 Å². The van der Waals surface area contributed by atoms with Gasteiger partial charge in [-0.25, -0.2) is 0 Å². The minimum atomic E-state index is -0.353. The fourth-order valence-corrected chi connectivity index (χ4v) is 2.24. The summed E-state index contributed by atoms with van der Waals surface area (Å²) in [5, 5.41) is 1.90. The van der Waals surface area contributed by atoms with Gasteiger partial charge in [0.1, 0.15) is 5.75 Å². The van der Waals surface area contributed by atoms with E-state index in [1.54, 1.807) is 6.08 Å². The van der Waals surface area contributed by atoms with E-state index in [-0.39, 0.29) is 17.3 Å². The number of para-hydroxylation sites is 1. The van der Waals surface area contributed by atoms with Gasteiger partial charge in [0.05, 0.1) is 11.0 Å². The summed E-state index contributed by atoms with van der Waals surface area (Å²) in [7, 11) is 0. The number of hydrogen-bond acceptors (Lipinski definition) is 4. The Hall–Kier alpha value is -1.75. The largest absolute Gasteiger partial charge is 0.490 e. The SMILES string of the molecule is CCC(C)Oc1ccccc1/C=C1/SC(=O)NC1=O. The number of carbonyl (C=O) groups excluding carboxylic acids is 2. The lowest BCUT2D eigenvalue weighted by Crippen LogP contribution is -2.17. The van der Waals surface area contributed by atoms with Crippen LogP contribution in [0.15, 0.2) is 29.2 Å². The normalized spacial score (nSPS) is 18.5. The van der Waals surface area contributed by atoms with Crippen LogP contribution in [0.1, 0.15) is 25.8 Å². The summed E-state index contributed by atoms with van der Waals surface area (Å²) in [5.41, 5.74) is 0.801. The smallest absolute Gasteiger partial charge is 0.290 e. The molecule has 0 saturated carbocycles. The van der Waals surface area contributed by atoms with Gasteiger partial charge in [0.2, 0.25) is 0 Å². The molecule has 1 aromatic rings. The fourth-order valence-electron chi connectivity index (χ4n) is 1.57. The molecule has 0 bridgehead atoms. The van der Waals surface area contributed by atoms with Crippen LogP contribution in [-0.2, 0) is 4.79 Å². The average Bonchev–Trinajstić information content (AvgIpc) is 2.70. The lowest BCUT2D eigenvalue weighted by atomic mass is 10.1. The molecule has 1 heterocycles. The average molecular weight is 277 g/mol. The first-order valence-corrected chi connectivity index (χ1v) is 6.92. The van der Waals surface area contributed by atoms with E-state index in [4.69, 9.17) is 4.74 Å². The van der Waals surface area contributed by atoms with Crippen molar-refractivity contribution in [3.8, 4) is 5.75 Å². The van der Waals surface area contributed by atoms with E-state index < -0.39 is 0 Å². The zero-order valence-corrected chi connectivity index (χ0v) is 11.6. The Morgan fingerprint density at radius 2 is 2.11 bits per heavy atom. The molecule has 4 nitrogen and oxygen atoms in total. The quantitative estimate of drug-likeness (QED) is 0.859. The Morgan fingerprint density at radius 1 is 1.37 bits per heavy atom. The van der Waals surface area contributed by atoms with Crippen molar-refractivity contribution in [1.82, 2.24) is 5.32 Å². The van der Waals surface area contributed by atoms with Crippen molar-refractivity contribution in [1.29, 1.82) is 0 Å². The third-order valence-electron chi connectivity index (χ3n) is 2.75. The van der Waals surface area contributed by atoms with Gasteiger partial charge in [-0.3, -0.25) is 14.9 Å². The number of hydrogen-bond donors (Lipinski definition) is 1. The zero-order valence-electron chi connectivity index (χ0n) is 10.8. The highest BCUT2D eigenvalue weighted by molar-refractivity contribution is 8.18. The van der Waals surface area contributed by atoms with Crippen molar-refractivity contribution in [2.75, 3.05) is 0 Å². The molecular formula is C14H15NO3S. The van der Waals surface area contributed by atoms with E-state index >= 15 is 0 Å². The van der Waals surface area contributed by atoms with Gasteiger partial charge in [-0.05, 0) is 37.2 Å². The maximum Gasteiger partial charge on any atom is 0.290 e. The highest BCUT2D eigenvalue weighted by atomic mass is 32.2. The first-order valence-electron chi connectivity index (χ1n) is 6.10. The number of ether oxygens (including phenoxy) is 1. The van der Waals surface area contributed by atoms with Gasteiger partial charge in [-0.1, -0.05) is 25.1 Å². The Balaban J connectivity index is 2.27. The fraction of sp³-hybridized carbons (Fsp3) is 0.286. The zero-order chi connectivity index (χ0) is 13.8. The molecule has 1 saturated heterocycles. The molecule has 1 atom stereocenters. The third kappa shape index (κ3) is 3.38. The molecule has 2 amide bonds. The molecule has 1 aliphatic heterocycles. The van der Waals surface area contributed by atoms with Crippen molar-refractivity contribution in [2.24, 2.45) is 0 Å². The van der Waals surface area contributed by atoms with Crippen LogP contribution in [0.4, 0.5) is 4.79 Å². The van der Waals surface area contributed by atoms with Crippen LogP contribution in [0.2, 0.25) is 0 Å². The Bertz CT molecular complexity index is 539. The van der Waals surface area contributed by atoms with Crippen molar-refractivity contribution >= 4 is 29.0 Å². The number of imide groups is 1. The molecular weight excluding hydrogens is 262 g/mol. The topological polar surface area (TPSA) is 55.4 Å². The monoisotopic (exact) mass is 277 g/mol. The summed E-state index contributed by atoms with van der Waals surface area (Å²) in [4.78, 5) is 23.0. The molecule has 100 valence electrons. The molecule has 1 N–H and O–H groups in total. The molecule has 1 fully saturated rings. The number of carbonyl (C=O) groups is 2. The molecule has 0 aliphatic carbocycles. The second-order valence-corrected chi connectivity index (χ2v) is 5.24. The highest BCUT2D eigenvalue weighted by Gasteiger charge is 2.25. The first-order chi connectivity index (χ1) is 9.10. The molecule has 1 aliphatic rings. The third-order valence-corrected chi connectivity index (χ3v) is 3.56. The van der Waals surface area contributed by atoms with Gasteiger partial charge in [-0.2, -0.15) is 0 Å². The summed E-state index contributed by atoms with van der Waals surface area (Å²) < 4.78 is 5.80. The van der Waals surface area contributed by atoms with Crippen LogP contribution in [0.25, 0.3) is 6.08 Å². The summed E-state index contributed by atoms with van der Waals surface area (Å²) in [6, 6.07) is 7.47. The van der Waals surface area contributed by atoms with E-state index in [0.717, 1.165) is 29.5 Å². The number of rotatable bonds is 4. The first kappa shape index (κ1) is 13.7. The van der Waals surface area contributed by atoms with E-state index in [1.165, 1.54) is 0 Å². The van der Waals surface area contributed by atoms with Crippen molar-refractivity contribution < 1.29 is 14.3 Å². The van der Waals surface area contributed by atoms with Crippen LogP contribution >= 0.6 is 11.8 Å². The van der Waals surface area contributed by atoms with E-state index in [2.05, 4.69) is 5.32 Å². The summed E-state index contributed by atoms with van der Waals surface area (Å²) in [6.07, 6.45) is 2.69. The lowest BCUT2D eigenvalue weighted by molar-refractivity contribution is -0.115. The Kier molecular flexibility index (Phi) is 4.27. The number of benzene rings is 1. The molecule has 0 aromatic heterocycles. The number of thioether (sulfide) groups is 1. The summed E-state index contributed by atoms with van der Waals surface area (Å²) in [5.74, 6) is 0.366. The maximum atomic E-state index is 11.5. The van der Waals surface area contributed by atoms with Gasteiger partial charge >= 0.3 is 0 Å². The Labute approximate surface area is 116 Å². The van der Waals surface area contributed by atoms with E-state index in [1.807, 2.05) is 38.1 Å². The molecule has 0 radical (unpaired) electrons. The van der Waals surface area contributed by atoms with Gasteiger partial charge < -0.3 is 4.74 Å². The molecule has 2 rings (SSSR count). The van der Waals surface area contributed by atoms with Crippen LogP contribution in [0.3, 0.4) is 0 Å². The molecule has 1 aromatic carbocycles. The molecule has 0 spiro atoms. The molecule has 19 heavy (non-hydrogen) atoms. The van der Waals surface area contributed by atoms with Gasteiger partial charge in [0.25, 0.3) is 11.1 Å². The minimum Gasteiger partial charge on any atom is -0.490 e. The second kappa shape index (κ2) is 5.93. The standard InChI is InChI=1S/C14H15NO3S/c1-3-9(2)18-11-7-5-4-6-10(11)8-12-13(16)15-14(17)19-12/h4-9H,3H2,1-2H3,(H,15,16,17)/b12-8+. The van der Waals surface area contributed by atoms with E-state index in [0.29, 0.717) is 4.91 Å². The number of amides is 2. The van der Waals surface area contributed by atoms with Gasteiger partial charge in [0.15, 0.2) is 0 Å². The van der Waals surface area contributed by atoms with Crippen LogP contribution in [0.5, 0.6) is 5.75 Å². The predicted octanol–water partition coefficient (Wildman–Crippen LogP) is 3.19. The molecule has 5 heteroatoms. The Morgan fingerprint density at radius 3 is 2.74 bits per heavy atom. The van der Waals surface area contributed by atoms with Crippen molar-refractivity contribution in [3.63, 3.8) is 0 Å². The van der Waals surface area contributed by atoms with Crippen molar-refractivity contribution in [2.45, 2.75) is 26.4 Å². The predicted molar refractivity (Wildman–Crippen MR) is 75.9 cm³/mol. The van der Waals surface area contributed by atoms with E-state index in [9.17, 15) is 9.59 Å². The second-order valence-electron chi connectivity index (χ2n) is 4.23. The van der Waals surface area contributed by atoms with Crippen LogP contribution in [-0.4, -0.2) is 17.3 Å². The molecule has 1 unspecified atom stereocenters. The van der Waals surface area contributed by atoms with Gasteiger partial charge in [0, 0.05) is 5.56 Å². The maximum absolute atomic E-state index is 11.5. The summed E-state index contributed by atoms with van der Waals surface area (Å²) >= 11 is 0.908. The van der Waals surface area contributed by atoms with Crippen LogP contribution in [0, 0.1) is 0 Å². The minimum absolute atomic E-state index is 0.103. The lowest BCUT2D eigenvalue weighted by Gasteiger charge is -2.14. The van der Waals surface area contributed by atoms with Crippen molar-refractivity contribution in [3.05, 3.63) is 34.7 Å². The number of nitrogens with one attached hydrogen (secondary N) is 1.